The number of carbonyl (C=O) groups is 1. The van der Waals surface area contributed by atoms with Crippen LogP contribution < -0.4 is 0 Å². The molecule has 0 aliphatic carbocycles. The zero-order chi connectivity index (χ0) is 13.9. The molecular formula is C13H17N5O. The average molecular weight is 259 g/mol. The second-order valence-electron chi connectivity index (χ2n) is 5.04. The summed E-state index contributed by atoms with van der Waals surface area (Å²) in [6.07, 6.45) is 4.54. The highest BCUT2D eigenvalue weighted by Gasteiger charge is 2.31. The van der Waals surface area contributed by atoms with E-state index in [1.807, 2.05) is 13.8 Å². The zero-order valence-electron chi connectivity index (χ0n) is 11.2. The normalized spacial score (nSPS) is 17.0. The highest BCUT2D eigenvalue weighted by atomic mass is 16.2. The van der Waals surface area contributed by atoms with Crippen LogP contribution in [-0.2, 0) is 0 Å². The Morgan fingerprint density at radius 3 is 2.53 bits per heavy atom. The molecule has 0 aromatic carbocycles. The first-order valence-corrected chi connectivity index (χ1v) is 6.26. The molecule has 6 heteroatoms. The molecule has 0 spiro atoms. The van der Waals surface area contributed by atoms with E-state index in [9.17, 15) is 4.79 Å². The number of hydrogen-bond acceptors (Lipinski definition) is 5. The Bertz CT molecular complexity index is 486. The maximum absolute atomic E-state index is 12.2. The molecule has 6 nitrogen and oxygen atoms in total. The van der Waals surface area contributed by atoms with Crippen molar-refractivity contribution in [3.05, 3.63) is 24.3 Å². The molecule has 19 heavy (non-hydrogen) atoms. The molecule has 0 saturated carbocycles. The number of aromatic nitrogens is 2. The Balaban J connectivity index is 1.98. The molecule has 100 valence electrons. The number of nitriles is 1. The third-order valence-corrected chi connectivity index (χ3v) is 3.41. The topological polar surface area (TPSA) is 73.1 Å². The highest BCUT2D eigenvalue weighted by Crippen LogP contribution is 2.16. The lowest BCUT2D eigenvalue weighted by Gasteiger charge is -2.40. The molecule has 1 amide bonds. The first-order valence-electron chi connectivity index (χ1n) is 6.26. The van der Waals surface area contributed by atoms with Crippen molar-refractivity contribution < 1.29 is 4.79 Å². The van der Waals surface area contributed by atoms with Gasteiger partial charge in [0, 0.05) is 38.6 Å². The Morgan fingerprint density at radius 2 is 2.00 bits per heavy atom. The van der Waals surface area contributed by atoms with E-state index in [0.29, 0.717) is 31.9 Å². The van der Waals surface area contributed by atoms with Gasteiger partial charge in [0.05, 0.1) is 12.3 Å². The summed E-state index contributed by atoms with van der Waals surface area (Å²) >= 11 is 0. The second-order valence-corrected chi connectivity index (χ2v) is 5.04. The second kappa shape index (κ2) is 5.33. The van der Waals surface area contributed by atoms with Gasteiger partial charge in [-0.2, -0.15) is 5.26 Å². The van der Waals surface area contributed by atoms with E-state index < -0.39 is 5.54 Å². The summed E-state index contributed by atoms with van der Waals surface area (Å²) in [6, 6.07) is 2.29. The minimum absolute atomic E-state index is 0.0949. The van der Waals surface area contributed by atoms with Crippen LogP contribution in [0.25, 0.3) is 0 Å². The summed E-state index contributed by atoms with van der Waals surface area (Å²) in [6.45, 7) is 6.42. The lowest BCUT2D eigenvalue weighted by molar-refractivity contribution is 0.0515. The van der Waals surface area contributed by atoms with Gasteiger partial charge in [-0.15, -0.1) is 0 Å². The van der Waals surface area contributed by atoms with Crippen LogP contribution in [0.15, 0.2) is 18.6 Å². The highest BCUT2D eigenvalue weighted by molar-refractivity contribution is 5.92. The lowest BCUT2D eigenvalue weighted by atomic mass is 10.0. The van der Waals surface area contributed by atoms with Gasteiger partial charge in [-0.05, 0) is 13.8 Å². The summed E-state index contributed by atoms with van der Waals surface area (Å²) in [5.74, 6) is -0.0949. The predicted octanol–water partition coefficient (Wildman–Crippen LogP) is 0.537. The van der Waals surface area contributed by atoms with Crippen LogP contribution in [0.5, 0.6) is 0 Å². The van der Waals surface area contributed by atoms with Gasteiger partial charge in [-0.1, -0.05) is 0 Å². The molecule has 1 aromatic rings. The fourth-order valence-electron chi connectivity index (χ4n) is 2.11. The Labute approximate surface area is 112 Å². The molecule has 2 rings (SSSR count). The molecule has 1 saturated heterocycles. The van der Waals surface area contributed by atoms with Crippen LogP contribution in [0, 0.1) is 11.3 Å². The van der Waals surface area contributed by atoms with E-state index in [1.54, 1.807) is 11.1 Å². The van der Waals surface area contributed by atoms with Crippen LogP contribution in [0.3, 0.4) is 0 Å². The Kier molecular flexibility index (Phi) is 3.76. The van der Waals surface area contributed by atoms with Gasteiger partial charge in [-0.3, -0.25) is 14.7 Å². The van der Waals surface area contributed by atoms with Gasteiger partial charge in [0.25, 0.3) is 5.91 Å². The third kappa shape index (κ3) is 2.88. The van der Waals surface area contributed by atoms with Gasteiger partial charge in [-0.25, -0.2) is 4.98 Å². The molecule has 1 aliphatic rings. The molecule has 1 fully saturated rings. The zero-order valence-corrected chi connectivity index (χ0v) is 11.2. The molecule has 1 aliphatic heterocycles. The first kappa shape index (κ1) is 13.4. The SMILES string of the molecule is CC(C)(C#N)N1CCN(C(=O)c2cnccn2)CC1. The smallest absolute Gasteiger partial charge is 0.274 e. The maximum atomic E-state index is 12.2. The number of piperazine rings is 1. The fourth-order valence-corrected chi connectivity index (χ4v) is 2.11. The fraction of sp³-hybridized carbons (Fsp3) is 0.538. The standard InChI is InChI=1S/C13H17N5O/c1-13(2,10-14)18-7-5-17(6-8-18)12(19)11-9-15-3-4-16-11/h3-4,9H,5-8H2,1-2H3. The van der Waals surface area contributed by atoms with Gasteiger partial charge >= 0.3 is 0 Å². The van der Waals surface area contributed by atoms with Crippen molar-refractivity contribution in [1.82, 2.24) is 19.8 Å². The number of nitrogens with zero attached hydrogens (tertiary/aromatic N) is 5. The predicted molar refractivity (Wildman–Crippen MR) is 69.2 cm³/mol. The van der Waals surface area contributed by atoms with Gasteiger partial charge in [0.1, 0.15) is 11.2 Å². The van der Waals surface area contributed by atoms with Crippen molar-refractivity contribution in [3.8, 4) is 6.07 Å². The van der Waals surface area contributed by atoms with E-state index in [-0.39, 0.29) is 5.91 Å². The summed E-state index contributed by atoms with van der Waals surface area (Å²) < 4.78 is 0. The molecule has 1 aromatic heterocycles. The van der Waals surface area contributed by atoms with Crippen LogP contribution >= 0.6 is 0 Å². The summed E-state index contributed by atoms with van der Waals surface area (Å²) in [4.78, 5) is 23.9. The number of hydrogen-bond donors (Lipinski definition) is 0. The van der Waals surface area contributed by atoms with Crippen molar-refractivity contribution in [2.75, 3.05) is 26.2 Å². The largest absolute Gasteiger partial charge is 0.335 e. The van der Waals surface area contributed by atoms with E-state index in [0.717, 1.165) is 0 Å². The molecule has 2 heterocycles. The van der Waals surface area contributed by atoms with Crippen molar-refractivity contribution in [2.45, 2.75) is 19.4 Å². The van der Waals surface area contributed by atoms with Gasteiger partial charge < -0.3 is 4.90 Å². The maximum Gasteiger partial charge on any atom is 0.274 e. The van der Waals surface area contributed by atoms with Crippen molar-refractivity contribution >= 4 is 5.91 Å². The summed E-state index contributed by atoms with van der Waals surface area (Å²) in [5, 5.41) is 9.11. The van der Waals surface area contributed by atoms with Crippen LogP contribution in [0.4, 0.5) is 0 Å². The van der Waals surface area contributed by atoms with Crippen LogP contribution in [0.2, 0.25) is 0 Å². The summed E-state index contributed by atoms with van der Waals surface area (Å²) in [5.41, 5.74) is -0.114. The molecule has 0 bridgehead atoms. The lowest BCUT2D eigenvalue weighted by Crippen LogP contribution is -2.55. The molecule has 0 atom stereocenters. The molecule has 0 N–H and O–H groups in total. The molecular weight excluding hydrogens is 242 g/mol. The van der Waals surface area contributed by atoms with Crippen LogP contribution in [0.1, 0.15) is 24.3 Å². The number of rotatable bonds is 2. The minimum Gasteiger partial charge on any atom is -0.335 e. The third-order valence-electron chi connectivity index (χ3n) is 3.41. The number of amides is 1. The van der Waals surface area contributed by atoms with Crippen LogP contribution in [-0.4, -0.2) is 57.4 Å². The van der Waals surface area contributed by atoms with Gasteiger partial charge in [0.15, 0.2) is 0 Å². The Hall–Kier alpha value is -2.00. The quantitative estimate of drug-likeness (QED) is 0.775. The Morgan fingerprint density at radius 1 is 1.32 bits per heavy atom. The van der Waals surface area contributed by atoms with E-state index in [1.165, 1.54) is 12.4 Å². The average Bonchev–Trinajstić information content (AvgIpc) is 2.47. The molecule has 0 radical (unpaired) electrons. The van der Waals surface area contributed by atoms with E-state index >= 15 is 0 Å². The van der Waals surface area contributed by atoms with E-state index in [2.05, 4.69) is 20.9 Å². The van der Waals surface area contributed by atoms with Gasteiger partial charge in [0.2, 0.25) is 0 Å². The molecule has 0 unspecified atom stereocenters. The van der Waals surface area contributed by atoms with Crippen molar-refractivity contribution in [2.24, 2.45) is 0 Å². The van der Waals surface area contributed by atoms with Crippen molar-refractivity contribution in [3.63, 3.8) is 0 Å². The first-order chi connectivity index (χ1) is 9.04. The number of carbonyl (C=O) groups excluding carboxylic acids is 1. The van der Waals surface area contributed by atoms with E-state index in [4.69, 9.17) is 5.26 Å². The van der Waals surface area contributed by atoms with Crippen molar-refractivity contribution in [1.29, 1.82) is 5.26 Å². The minimum atomic E-state index is -0.484. The summed E-state index contributed by atoms with van der Waals surface area (Å²) in [7, 11) is 0. The monoisotopic (exact) mass is 259 g/mol.